The van der Waals surface area contributed by atoms with E-state index < -0.39 is 0 Å². The third-order valence-electron chi connectivity index (χ3n) is 2.21. The van der Waals surface area contributed by atoms with Crippen molar-refractivity contribution in [3.8, 4) is 5.75 Å². The number of methoxy groups -OCH3 is 1. The molecule has 0 heterocycles. The van der Waals surface area contributed by atoms with Crippen LogP contribution in [-0.2, 0) is 10.6 Å². The van der Waals surface area contributed by atoms with E-state index in [1.54, 1.807) is 7.11 Å². The molecule has 0 aliphatic carbocycles. The van der Waals surface area contributed by atoms with Gasteiger partial charge < -0.3 is 9.47 Å². The molecule has 0 amide bonds. The number of benzene rings is 1. The van der Waals surface area contributed by atoms with Gasteiger partial charge in [0.05, 0.1) is 10.6 Å². The maximum Gasteiger partial charge on any atom is 0.133 e. The van der Waals surface area contributed by atoms with Gasteiger partial charge in [-0.15, -0.1) is 11.6 Å². The Bertz CT molecular complexity index is 331. The molecule has 0 aromatic heterocycles. The lowest BCUT2D eigenvalue weighted by atomic mass is 10.2. The molecule has 0 aliphatic heterocycles. The Kier molecular flexibility index (Phi) is 6.17. The van der Waals surface area contributed by atoms with Crippen LogP contribution in [0.1, 0.15) is 18.9 Å². The number of hydrogen-bond acceptors (Lipinski definition) is 2. The van der Waals surface area contributed by atoms with Gasteiger partial charge in [-0.2, -0.15) is 0 Å². The van der Waals surface area contributed by atoms with Crippen molar-refractivity contribution in [3.63, 3.8) is 0 Å². The molecule has 1 rings (SSSR count). The first kappa shape index (κ1) is 13.8. The van der Waals surface area contributed by atoms with E-state index in [1.165, 1.54) is 0 Å². The van der Waals surface area contributed by atoms with E-state index in [0.29, 0.717) is 12.5 Å². The summed E-state index contributed by atoms with van der Waals surface area (Å²) in [5.74, 6) is 1.36. The van der Waals surface area contributed by atoms with Gasteiger partial charge in [-0.05, 0) is 40.5 Å². The molecule has 0 spiro atoms. The lowest BCUT2D eigenvalue weighted by molar-refractivity contribution is 0.134. The van der Waals surface area contributed by atoms with Gasteiger partial charge in [0.2, 0.25) is 0 Å². The molecule has 16 heavy (non-hydrogen) atoms. The predicted molar refractivity (Wildman–Crippen MR) is 70.3 cm³/mol. The van der Waals surface area contributed by atoms with Crippen molar-refractivity contribution >= 4 is 27.5 Å². The third kappa shape index (κ3) is 4.32. The average Bonchev–Trinajstić information content (AvgIpc) is 2.29. The predicted octanol–water partition coefficient (Wildman–Crippen LogP) is 3.99. The molecule has 2 nitrogen and oxygen atoms in total. The molecule has 4 heteroatoms. The fourth-order valence-electron chi connectivity index (χ4n) is 1.28. The normalized spacial score (nSPS) is 12.5. The Morgan fingerprint density at radius 3 is 2.75 bits per heavy atom. The summed E-state index contributed by atoms with van der Waals surface area (Å²) in [6.07, 6.45) is 1.01. The molecule has 1 unspecified atom stereocenters. The molecule has 90 valence electrons. The summed E-state index contributed by atoms with van der Waals surface area (Å²) in [5.41, 5.74) is 1.07. The number of hydrogen-bond donors (Lipinski definition) is 0. The van der Waals surface area contributed by atoms with Crippen molar-refractivity contribution in [2.75, 3.05) is 13.7 Å². The molecule has 1 aromatic carbocycles. The fraction of sp³-hybridized carbons (Fsp3) is 0.500. The van der Waals surface area contributed by atoms with Crippen molar-refractivity contribution in [2.24, 2.45) is 0 Å². The van der Waals surface area contributed by atoms with Crippen LogP contribution >= 0.6 is 27.5 Å². The summed E-state index contributed by atoms with van der Waals surface area (Å²) >= 11 is 9.22. The first-order chi connectivity index (χ1) is 7.67. The van der Waals surface area contributed by atoms with Crippen LogP contribution in [0.15, 0.2) is 22.7 Å². The smallest absolute Gasteiger partial charge is 0.133 e. The maximum atomic E-state index is 5.78. The van der Waals surface area contributed by atoms with Gasteiger partial charge in [0.15, 0.2) is 0 Å². The zero-order chi connectivity index (χ0) is 12.0. The second kappa shape index (κ2) is 7.15. The fourth-order valence-corrected chi connectivity index (χ4v) is 1.97. The van der Waals surface area contributed by atoms with Gasteiger partial charge in [-0.1, -0.05) is 6.07 Å². The van der Waals surface area contributed by atoms with Crippen LogP contribution in [0.25, 0.3) is 0 Å². The first-order valence-corrected chi connectivity index (χ1v) is 6.50. The lowest BCUT2D eigenvalue weighted by Crippen LogP contribution is -2.14. The third-order valence-corrected chi connectivity index (χ3v) is 3.14. The Labute approximate surface area is 110 Å². The van der Waals surface area contributed by atoms with Crippen molar-refractivity contribution < 1.29 is 9.47 Å². The van der Waals surface area contributed by atoms with E-state index >= 15 is 0 Å². The molecule has 0 radical (unpaired) electrons. The molecular weight excluding hydrogens is 291 g/mol. The summed E-state index contributed by atoms with van der Waals surface area (Å²) in [4.78, 5) is 0. The Morgan fingerprint density at radius 1 is 1.44 bits per heavy atom. The quantitative estimate of drug-likeness (QED) is 0.740. The van der Waals surface area contributed by atoms with Crippen molar-refractivity contribution in [1.82, 2.24) is 0 Å². The van der Waals surface area contributed by atoms with Crippen LogP contribution in [0.3, 0.4) is 0 Å². The topological polar surface area (TPSA) is 18.5 Å². The molecule has 0 aliphatic rings. The van der Waals surface area contributed by atoms with Crippen LogP contribution in [0, 0.1) is 0 Å². The molecule has 1 aromatic rings. The average molecular weight is 308 g/mol. The van der Waals surface area contributed by atoms with Crippen LogP contribution in [0.5, 0.6) is 5.75 Å². The van der Waals surface area contributed by atoms with Gasteiger partial charge in [-0.3, -0.25) is 0 Å². The highest BCUT2D eigenvalue weighted by molar-refractivity contribution is 9.10. The van der Waals surface area contributed by atoms with Crippen molar-refractivity contribution in [3.05, 3.63) is 28.2 Å². The molecule has 0 saturated carbocycles. The van der Waals surface area contributed by atoms with Crippen molar-refractivity contribution in [1.29, 1.82) is 0 Å². The minimum Gasteiger partial charge on any atom is -0.489 e. The Hall–Kier alpha value is -0.250. The zero-order valence-corrected chi connectivity index (χ0v) is 11.8. The standard InChI is InChI=1S/C12H16BrClO2/c1-9(5-6-15-2)16-12-4-3-10(8-14)7-11(12)13/h3-4,7,9H,5-6,8H2,1-2H3. The van der Waals surface area contributed by atoms with Crippen LogP contribution in [-0.4, -0.2) is 19.8 Å². The number of rotatable bonds is 6. The monoisotopic (exact) mass is 306 g/mol. The highest BCUT2D eigenvalue weighted by Crippen LogP contribution is 2.27. The van der Waals surface area contributed by atoms with Gasteiger partial charge in [0.25, 0.3) is 0 Å². The first-order valence-electron chi connectivity index (χ1n) is 5.17. The van der Waals surface area contributed by atoms with Gasteiger partial charge in [0.1, 0.15) is 5.75 Å². The van der Waals surface area contributed by atoms with Crippen LogP contribution in [0.2, 0.25) is 0 Å². The molecule has 0 N–H and O–H groups in total. The largest absolute Gasteiger partial charge is 0.489 e. The van der Waals surface area contributed by atoms with Gasteiger partial charge in [-0.25, -0.2) is 0 Å². The second-order valence-corrected chi connectivity index (χ2v) is 4.73. The van der Waals surface area contributed by atoms with E-state index in [0.717, 1.165) is 22.2 Å². The molecule has 0 saturated heterocycles. The minimum atomic E-state index is 0.137. The van der Waals surface area contributed by atoms with E-state index in [9.17, 15) is 0 Å². The number of alkyl halides is 1. The maximum absolute atomic E-state index is 5.78. The SMILES string of the molecule is COCCC(C)Oc1ccc(CCl)cc1Br. The summed E-state index contributed by atoms with van der Waals surface area (Å²) in [6.45, 7) is 2.74. The highest BCUT2D eigenvalue weighted by atomic mass is 79.9. The summed E-state index contributed by atoms with van der Waals surface area (Å²) in [7, 11) is 1.69. The van der Waals surface area contributed by atoms with Crippen molar-refractivity contribution in [2.45, 2.75) is 25.3 Å². The molecular formula is C12H16BrClO2. The van der Waals surface area contributed by atoms with Gasteiger partial charge >= 0.3 is 0 Å². The summed E-state index contributed by atoms with van der Waals surface area (Å²) < 4.78 is 11.7. The zero-order valence-electron chi connectivity index (χ0n) is 9.50. The number of ether oxygens (including phenoxy) is 2. The van der Waals surface area contributed by atoms with Crippen LogP contribution in [0.4, 0.5) is 0 Å². The summed E-state index contributed by atoms with van der Waals surface area (Å²) in [6, 6.07) is 5.88. The molecule has 0 bridgehead atoms. The highest BCUT2D eigenvalue weighted by Gasteiger charge is 2.07. The second-order valence-electron chi connectivity index (χ2n) is 3.61. The Balaban J connectivity index is 2.59. The van der Waals surface area contributed by atoms with Gasteiger partial charge in [0, 0.05) is 26.0 Å². The van der Waals surface area contributed by atoms with E-state index in [4.69, 9.17) is 21.1 Å². The number of halogens is 2. The molecule has 1 atom stereocenters. The molecule has 0 fully saturated rings. The Morgan fingerprint density at radius 2 is 2.19 bits per heavy atom. The van der Waals surface area contributed by atoms with Crippen LogP contribution < -0.4 is 4.74 Å². The van der Waals surface area contributed by atoms with E-state index in [-0.39, 0.29) is 6.10 Å². The van der Waals surface area contributed by atoms with E-state index in [2.05, 4.69) is 15.9 Å². The van der Waals surface area contributed by atoms with E-state index in [1.807, 2.05) is 25.1 Å². The lowest BCUT2D eigenvalue weighted by Gasteiger charge is -2.15. The minimum absolute atomic E-state index is 0.137. The summed E-state index contributed by atoms with van der Waals surface area (Å²) in [5, 5.41) is 0.